The van der Waals surface area contributed by atoms with Gasteiger partial charge in [-0.3, -0.25) is 4.79 Å². The van der Waals surface area contributed by atoms with E-state index in [1.165, 1.54) is 0 Å². The Morgan fingerprint density at radius 3 is 2.84 bits per heavy atom. The third kappa shape index (κ3) is 7.30. The van der Waals surface area contributed by atoms with E-state index in [-0.39, 0.29) is 24.4 Å². The van der Waals surface area contributed by atoms with E-state index >= 15 is 0 Å². The average molecular weight is 375 g/mol. The van der Waals surface area contributed by atoms with Crippen LogP contribution in [0.3, 0.4) is 0 Å². The fraction of sp³-hybridized carbons (Fsp3) is 0.824. The molecule has 0 aliphatic carbocycles. The van der Waals surface area contributed by atoms with Gasteiger partial charge in [0.15, 0.2) is 5.82 Å². The van der Waals surface area contributed by atoms with Crippen molar-refractivity contribution in [2.24, 2.45) is 11.8 Å². The van der Waals surface area contributed by atoms with Gasteiger partial charge in [0.05, 0.1) is 6.54 Å². The highest BCUT2D eigenvalue weighted by molar-refractivity contribution is 5.85. The summed E-state index contributed by atoms with van der Waals surface area (Å²) in [5, 5.41) is 7.28. The first-order valence-corrected chi connectivity index (χ1v) is 8.84. The van der Waals surface area contributed by atoms with Crippen LogP contribution in [0.15, 0.2) is 4.52 Å². The lowest BCUT2D eigenvalue weighted by atomic mass is 10.0. The lowest BCUT2D eigenvalue weighted by molar-refractivity contribution is -0.131. The predicted molar refractivity (Wildman–Crippen MR) is 97.4 cm³/mol. The van der Waals surface area contributed by atoms with E-state index in [0.717, 1.165) is 25.9 Å². The normalized spacial score (nSPS) is 18.2. The van der Waals surface area contributed by atoms with E-state index in [4.69, 9.17) is 9.26 Å². The molecule has 0 spiro atoms. The molecule has 2 atom stereocenters. The summed E-state index contributed by atoms with van der Waals surface area (Å²) in [7, 11) is 1.78. The van der Waals surface area contributed by atoms with Crippen molar-refractivity contribution >= 4 is 18.3 Å². The van der Waals surface area contributed by atoms with Crippen LogP contribution in [0.5, 0.6) is 0 Å². The molecule has 0 radical (unpaired) electrons. The van der Waals surface area contributed by atoms with Crippen LogP contribution in [0.2, 0.25) is 0 Å². The van der Waals surface area contributed by atoms with E-state index in [0.29, 0.717) is 43.1 Å². The molecule has 1 aromatic heterocycles. The number of rotatable bonds is 9. The topological polar surface area (TPSA) is 80.5 Å². The Kier molecular flexibility index (Phi) is 9.38. The van der Waals surface area contributed by atoms with Gasteiger partial charge in [-0.2, -0.15) is 4.98 Å². The van der Waals surface area contributed by atoms with Crippen LogP contribution in [0.4, 0.5) is 0 Å². The Bertz CT molecular complexity index is 518. The molecule has 1 amide bonds. The van der Waals surface area contributed by atoms with E-state index in [2.05, 4.69) is 29.3 Å². The largest absolute Gasteiger partial charge is 0.370 e. The van der Waals surface area contributed by atoms with Gasteiger partial charge < -0.3 is 19.5 Å². The average Bonchev–Trinajstić information content (AvgIpc) is 3.21. The predicted octanol–water partition coefficient (Wildman–Crippen LogP) is 2.57. The summed E-state index contributed by atoms with van der Waals surface area (Å²) < 4.78 is 10.9. The number of nitrogens with one attached hydrogen (secondary N) is 1. The maximum Gasteiger partial charge on any atom is 0.246 e. The van der Waals surface area contributed by atoms with E-state index in [9.17, 15) is 4.79 Å². The Morgan fingerprint density at radius 1 is 1.44 bits per heavy atom. The monoisotopic (exact) mass is 374 g/mol. The fourth-order valence-corrected chi connectivity index (χ4v) is 2.68. The van der Waals surface area contributed by atoms with Crippen LogP contribution >= 0.6 is 12.4 Å². The molecule has 0 aromatic carbocycles. The molecule has 1 aromatic rings. The molecule has 7 nitrogen and oxygen atoms in total. The Balaban J connectivity index is 0.00000312. The molecule has 2 heterocycles. The molecule has 8 heteroatoms. The summed E-state index contributed by atoms with van der Waals surface area (Å²) in [6.45, 7) is 9.18. The molecule has 0 bridgehead atoms. The highest BCUT2D eigenvalue weighted by Gasteiger charge is 2.20. The maximum absolute atomic E-state index is 12.2. The fourth-order valence-electron chi connectivity index (χ4n) is 2.68. The molecule has 0 saturated carbocycles. The molecule has 2 unspecified atom stereocenters. The van der Waals surface area contributed by atoms with Gasteiger partial charge in [0, 0.05) is 20.1 Å². The van der Waals surface area contributed by atoms with Crippen molar-refractivity contribution in [2.75, 3.05) is 26.7 Å². The third-order valence-electron chi connectivity index (χ3n) is 4.25. The SMILES string of the molecule is CC(C)COC(C)c1noc(CN(C)C(=O)CCC2CCNC2)n1.Cl. The lowest BCUT2D eigenvalue weighted by Gasteiger charge is -2.16. The summed E-state index contributed by atoms with van der Waals surface area (Å²) >= 11 is 0. The van der Waals surface area contributed by atoms with Crippen LogP contribution in [0.1, 0.15) is 57.9 Å². The first-order chi connectivity index (χ1) is 11.5. The quantitative estimate of drug-likeness (QED) is 0.715. The summed E-state index contributed by atoms with van der Waals surface area (Å²) in [5.41, 5.74) is 0. The molecule has 1 fully saturated rings. The minimum Gasteiger partial charge on any atom is -0.370 e. The molecule has 2 rings (SSSR count). The van der Waals surface area contributed by atoms with Crippen molar-refractivity contribution in [3.05, 3.63) is 11.7 Å². The third-order valence-corrected chi connectivity index (χ3v) is 4.25. The van der Waals surface area contributed by atoms with Crippen molar-refractivity contribution in [1.82, 2.24) is 20.4 Å². The molecule has 1 N–H and O–H groups in total. The molecule has 1 aliphatic rings. The van der Waals surface area contributed by atoms with Crippen LogP contribution in [-0.2, 0) is 16.1 Å². The smallest absolute Gasteiger partial charge is 0.246 e. The highest BCUT2D eigenvalue weighted by Crippen LogP contribution is 2.17. The number of carbonyl (C=O) groups is 1. The number of halogens is 1. The first-order valence-electron chi connectivity index (χ1n) is 8.84. The number of carbonyl (C=O) groups excluding carboxylic acids is 1. The minimum atomic E-state index is -0.208. The zero-order chi connectivity index (χ0) is 17.5. The van der Waals surface area contributed by atoms with E-state index in [1.54, 1.807) is 11.9 Å². The van der Waals surface area contributed by atoms with Gasteiger partial charge >= 0.3 is 0 Å². The standard InChI is InChI=1S/C17H30N4O3.ClH/c1-12(2)11-23-13(3)17-19-15(24-20-17)10-21(4)16(22)6-5-14-7-8-18-9-14;/h12-14,18H,5-11H2,1-4H3;1H. The van der Waals surface area contributed by atoms with Crippen molar-refractivity contribution in [2.45, 2.75) is 52.7 Å². The van der Waals surface area contributed by atoms with Crippen LogP contribution in [-0.4, -0.2) is 47.7 Å². The summed E-state index contributed by atoms with van der Waals surface area (Å²) in [6, 6.07) is 0. The Morgan fingerprint density at radius 2 is 2.20 bits per heavy atom. The molecule has 1 saturated heterocycles. The first kappa shape index (κ1) is 21.9. The second-order valence-corrected chi connectivity index (χ2v) is 7.06. The highest BCUT2D eigenvalue weighted by atomic mass is 35.5. The molecule has 144 valence electrons. The van der Waals surface area contributed by atoms with Gasteiger partial charge in [-0.1, -0.05) is 19.0 Å². The second-order valence-electron chi connectivity index (χ2n) is 7.06. The van der Waals surface area contributed by atoms with Gasteiger partial charge in [0.1, 0.15) is 6.10 Å². The number of nitrogens with zero attached hydrogens (tertiary/aromatic N) is 3. The number of hydrogen-bond donors (Lipinski definition) is 1. The van der Waals surface area contributed by atoms with Gasteiger partial charge in [-0.05, 0) is 44.7 Å². The van der Waals surface area contributed by atoms with Crippen LogP contribution in [0, 0.1) is 11.8 Å². The number of aromatic nitrogens is 2. The number of ether oxygens (including phenoxy) is 1. The Labute approximate surface area is 156 Å². The summed E-state index contributed by atoms with van der Waals surface area (Å²) in [5.74, 6) is 2.17. The van der Waals surface area contributed by atoms with Gasteiger partial charge in [0.2, 0.25) is 11.8 Å². The van der Waals surface area contributed by atoms with Gasteiger partial charge in [0.25, 0.3) is 0 Å². The molecular formula is C17H31ClN4O3. The van der Waals surface area contributed by atoms with Crippen molar-refractivity contribution in [3.8, 4) is 0 Å². The van der Waals surface area contributed by atoms with Crippen molar-refractivity contribution in [1.29, 1.82) is 0 Å². The molecule has 25 heavy (non-hydrogen) atoms. The Hall–Kier alpha value is -1.18. The molecule has 1 aliphatic heterocycles. The summed E-state index contributed by atoms with van der Waals surface area (Å²) in [6.07, 6.45) is 2.46. The zero-order valence-corrected chi connectivity index (χ0v) is 16.5. The van der Waals surface area contributed by atoms with Gasteiger partial charge in [-0.25, -0.2) is 0 Å². The number of hydrogen-bond acceptors (Lipinski definition) is 6. The van der Waals surface area contributed by atoms with Crippen molar-refractivity contribution < 1.29 is 14.1 Å². The molecular weight excluding hydrogens is 344 g/mol. The summed E-state index contributed by atoms with van der Waals surface area (Å²) in [4.78, 5) is 18.2. The second kappa shape index (κ2) is 10.7. The van der Waals surface area contributed by atoms with E-state index in [1.807, 2.05) is 6.92 Å². The number of amides is 1. The van der Waals surface area contributed by atoms with Crippen molar-refractivity contribution in [3.63, 3.8) is 0 Å². The van der Waals surface area contributed by atoms with Gasteiger partial charge in [-0.15, -0.1) is 12.4 Å². The van der Waals surface area contributed by atoms with E-state index < -0.39 is 0 Å². The minimum absolute atomic E-state index is 0. The zero-order valence-electron chi connectivity index (χ0n) is 15.7. The van der Waals surface area contributed by atoms with Crippen LogP contribution in [0.25, 0.3) is 0 Å². The maximum atomic E-state index is 12.2. The lowest BCUT2D eigenvalue weighted by Crippen LogP contribution is -2.26. The van der Waals surface area contributed by atoms with Crippen LogP contribution < -0.4 is 5.32 Å².